The predicted molar refractivity (Wildman–Crippen MR) is 61.4 cm³/mol. The molecule has 0 aromatic rings. The number of rotatable bonds is 1. The van der Waals surface area contributed by atoms with E-state index in [4.69, 9.17) is 4.74 Å². The lowest BCUT2D eigenvalue weighted by atomic mass is 9.58. The lowest BCUT2D eigenvalue weighted by Gasteiger charge is -2.54. The molecule has 1 nitrogen and oxygen atoms in total. The lowest BCUT2D eigenvalue weighted by Crippen LogP contribution is -2.52. The van der Waals surface area contributed by atoms with E-state index in [9.17, 15) is 0 Å². The Morgan fingerprint density at radius 2 is 1.64 bits per heavy atom. The van der Waals surface area contributed by atoms with Crippen LogP contribution < -0.4 is 0 Å². The van der Waals surface area contributed by atoms with Crippen LogP contribution in [0.2, 0.25) is 0 Å². The fourth-order valence-electron chi connectivity index (χ4n) is 2.80. The van der Waals surface area contributed by atoms with Crippen LogP contribution in [0.4, 0.5) is 0 Å². The van der Waals surface area contributed by atoms with Crippen LogP contribution in [0.1, 0.15) is 53.9 Å². The Morgan fingerprint density at radius 3 is 1.93 bits per heavy atom. The largest absolute Gasteiger partial charge is 0.380 e. The minimum absolute atomic E-state index is 0.525. The summed E-state index contributed by atoms with van der Waals surface area (Å²) in [5.41, 5.74) is 1.19. The van der Waals surface area contributed by atoms with Crippen molar-refractivity contribution >= 4 is 0 Å². The third-order valence-corrected chi connectivity index (χ3v) is 3.16. The van der Waals surface area contributed by atoms with Gasteiger partial charge in [0.1, 0.15) is 0 Å². The molecule has 0 aromatic carbocycles. The van der Waals surface area contributed by atoms with Gasteiger partial charge in [-0.3, -0.25) is 0 Å². The second kappa shape index (κ2) is 4.22. The maximum absolute atomic E-state index is 5.26. The standard InChI is InChI=1S/C11H20O.C2H6/c1-10(2,3)4-9-5-11(6-9)7-12-8-11;1-2/h9H,4-8H2,1-3H3;1-2H3. The van der Waals surface area contributed by atoms with Crippen molar-refractivity contribution in [3.05, 3.63) is 0 Å². The summed E-state index contributed by atoms with van der Waals surface area (Å²) in [6.07, 6.45) is 4.27. The van der Waals surface area contributed by atoms with E-state index < -0.39 is 0 Å². The highest BCUT2D eigenvalue weighted by molar-refractivity contribution is 4.98. The molecule has 14 heavy (non-hydrogen) atoms. The Bertz CT molecular complexity index is 166. The fourth-order valence-corrected chi connectivity index (χ4v) is 2.80. The number of ether oxygens (including phenoxy) is 1. The third-order valence-electron chi connectivity index (χ3n) is 3.16. The van der Waals surface area contributed by atoms with Gasteiger partial charge in [0.25, 0.3) is 0 Å². The number of hydrogen-bond donors (Lipinski definition) is 0. The Labute approximate surface area is 89.2 Å². The quantitative estimate of drug-likeness (QED) is 0.621. The van der Waals surface area contributed by atoms with Gasteiger partial charge >= 0.3 is 0 Å². The van der Waals surface area contributed by atoms with Crippen molar-refractivity contribution in [1.82, 2.24) is 0 Å². The normalized spacial score (nSPS) is 24.6. The van der Waals surface area contributed by atoms with Gasteiger partial charge in [-0.25, -0.2) is 0 Å². The highest BCUT2D eigenvalue weighted by atomic mass is 16.5. The minimum atomic E-state index is 0.525. The van der Waals surface area contributed by atoms with Gasteiger partial charge in [0, 0.05) is 5.41 Å². The Balaban J connectivity index is 0.000000461. The molecule has 0 aromatic heterocycles. The second-order valence-electron chi connectivity index (χ2n) is 6.03. The molecule has 1 saturated heterocycles. The van der Waals surface area contributed by atoms with Gasteiger partial charge in [-0.1, -0.05) is 34.6 Å². The van der Waals surface area contributed by atoms with Crippen LogP contribution in [0.25, 0.3) is 0 Å². The average molecular weight is 198 g/mol. The first-order valence-electron chi connectivity index (χ1n) is 6.07. The van der Waals surface area contributed by atoms with Gasteiger partial charge in [0.05, 0.1) is 13.2 Å². The molecule has 2 aliphatic rings. The van der Waals surface area contributed by atoms with E-state index in [0.717, 1.165) is 19.1 Å². The van der Waals surface area contributed by atoms with Gasteiger partial charge < -0.3 is 4.74 Å². The summed E-state index contributed by atoms with van der Waals surface area (Å²) in [7, 11) is 0. The van der Waals surface area contributed by atoms with Crippen LogP contribution in [-0.4, -0.2) is 13.2 Å². The van der Waals surface area contributed by atoms with Gasteiger partial charge in [0.15, 0.2) is 0 Å². The summed E-state index contributed by atoms with van der Waals surface area (Å²) in [4.78, 5) is 0. The molecule has 1 heterocycles. The van der Waals surface area contributed by atoms with E-state index in [1.807, 2.05) is 13.8 Å². The molecular weight excluding hydrogens is 172 g/mol. The molecule has 84 valence electrons. The highest BCUT2D eigenvalue weighted by Crippen LogP contribution is 2.53. The third kappa shape index (κ3) is 2.73. The monoisotopic (exact) mass is 198 g/mol. The fraction of sp³-hybridized carbons (Fsp3) is 1.00. The molecule has 0 radical (unpaired) electrons. The van der Waals surface area contributed by atoms with E-state index in [0.29, 0.717) is 10.8 Å². The maximum atomic E-state index is 5.26. The summed E-state index contributed by atoms with van der Waals surface area (Å²) < 4.78 is 5.26. The Kier molecular flexibility index (Phi) is 3.63. The van der Waals surface area contributed by atoms with Crippen LogP contribution in [0, 0.1) is 16.7 Å². The van der Waals surface area contributed by atoms with Crippen LogP contribution in [0.5, 0.6) is 0 Å². The van der Waals surface area contributed by atoms with Crippen LogP contribution in [0.15, 0.2) is 0 Å². The summed E-state index contributed by atoms with van der Waals surface area (Å²) in [5, 5.41) is 0. The Hall–Kier alpha value is -0.0400. The van der Waals surface area contributed by atoms with Crippen LogP contribution in [0.3, 0.4) is 0 Å². The van der Waals surface area contributed by atoms with Crippen molar-refractivity contribution in [3.8, 4) is 0 Å². The molecule has 0 amide bonds. The molecule has 1 spiro atoms. The molecular formula is C13H26O. The van der Waals surface area contributed by atoms with E-state index >= 15 is 0 Å². The van der Waals surface area contributed by atoms with E-state index in [1.165, 1.54) is 19.3 Å². The predicted octanol–water partition coefficient (Wildman–Crippen LogP) is 3.88. The molecule has 1 aliphatic heterocycles. The van der Waals surface area contributed by atoms with Crippen LogP contribution >= 0.6 is 0 Å². The van der Waals surface area contributed by atoms with Gasteiger partial charge in [-0.2, -0.15) is 0 Å². The summed E-state index contributed by atoms with van der Waals surface area (Å²) in [6.45, 7) is 13.1. The smallest absolute Gasteiger partial charge is 0.0545 e. The van der Waals surface area contributed by atoms with Crippen LogP contribution in [-0.2, 0) is 4.74 Å². The SMILES string of the molecule is CC.CC(C)(C)CC1CC2(COC2)C1. The second-order valence-corrected chi connectivity index (χ2v) is 6.03. The molecule has 1 aliphatic carbocycles. The Morgan fingerprint density at radius 1 is 1.14 bits per heavy atom. The van der Waals surface area contributed by atoms with Crippen molar-refractivity contribution < 1.29 is 4.74 Å². The van der Waals surface area contributed by atoms with Gasteiger partial charge in [-0.15, -0.1) is 0 Å². The van der Waals surface area contributed by atoms with Crippen molar-refractivity contribution in [2.75, 3.05) is 13.2 Å². The maximum Gasteiger partial charge on any atom is 0.0545 e. The summed E-state index contributed by atoms with van der Waals surface area (Å²) in [5.74, 6) is 0.994. The number of hydrogen-bond acceptors (Lipinski definition) is 1. The highest BCUT2D eigenvalue weighted by Gasteiger charge is 2.49. The van der Waals surface area contributed by atoms with E-state index in [2.05, 4.69) is 20.8 Å². The van der Waals surface area contributed by atoms with Crippen molar-refractivity contribution in [2.24, 2.45) is 16.7 Å². The summed E-state index contributed by atoms with van der Waals surface area (Å²) >= 11 is 0. The molecule has 0 N–H and O–H groups in total. The van der Waals surface area contributed by atoms with Gasteiger partial charge in [-0.05, 0) is 30.6 Å². The molecule has 0 atom stereocenters. The van der Waals surface area contributed by atoms with Crippen molar-refractivity contribution in [3.63, 3.8) is 0 Å². The van der Waals surface area contributed by atoms with E-state index in [1.54, 1.807) is 0 Å². The zero-order valence-electron chi connectivity index (χ0n) is 10.5. The van der Waals surface area contributed by atoms with Crippen molar-refractivity contribution in [1.29, 1.82) is 0 Å². The van der Waals surface area contributed by atoms with Crippen molar-refractivity contribution in [2.45, 2.75) is 53.9 Å². The topological polar surface area (TPSA) is 9.23 Å². The van der Waals surface area contributed by atoms with E-state index in [-0.39, 0.29) is 0 Å². The zero-order valence-corrected chi connectivity index (χ0v) is 10.5. The molecule has 2 fully saturated rings. The first kappa shape index (κ1) is 12.0. The molecule has 1 heteroatoms. The molecule has 0 unspecified atom stereocenters. The lowest BCUT2D eigenvalue weighted by molar-refractivity contribution is -0.182. The van der Waals surface area contributed by atoms with Gasteiger partial charge in [0.2, 0.25) is 0 Å². The summed E-state index contributed by atoms with van der Waals surface area (Å²) in [6, 6.07) is 0. The molecule has 0 bridgehead atoms. The average Bonchev–Trinajstić information content (AvgIpc) is 1.94. The first-order chi connectivity index (χ1) is 6.49. The first-order valence-corrected chi connectivity index (χ1v) is 6.07. The molecule has 2 rings (SSSR count). The zero-order chi connectivity index (χ0) is 10.8. The molecule has 1 saturated carbocycles. The minimum Gasteiger partial charge on any atom is -0.380 e.